The van der Waals surface area contributed by atoms with Crippen LogP contribution >= 0.6 is 0 Å². The number of carboxylic acid groups (broad SMARTS) is 1. The first-order chi connectivity index (χ1) is 8.97. The van der Waals surface area contributed by atoms with Crippen LogP contribution in [0.3, 0.4) is 0 Å². The Morgan fingerprint density at radius 3 is 2.79 bits per heavy atom. The lowest BCUT2D eigenvalue weighted by Gasteiger charge is -2.04. The minimum Gasteiger partial charge on any atom is -0.478 e. The summed E-state index contributed by atoms with van der Waals surface area (Å²) in [5.74, 6) is -0.800. The molecule has 1 atom stereocenters. The summed E-state index contributed by atoms with van der Waals surface area (Å²) in [4.78, 5) is 11.5. The molecule has 1 aromatic heterocycles. The van der Waals surface area contributed by atoms with Crippen LogP contribution in [0, 0.1) is 6.92 Å². The standard InChI is InChI=1S/C12H13N3O3S/c1-8-3-4-10(5-11(8)12(16)17)19(18)7-9-6-15(2)14-13-9/h3-6H,7H2,1-2H3,(H,16,17). The third-order valence-electron chi connectivity index (χ3n) is 2.63. The highest BCUT2D eigenvalue weighted by Crippen LogP contribution is 2.16. The molecule has 2 aromatic rings. The van der Waals surface area contributed by atoms with Gasteiger partial charge >= 0.3 is 5.97 Å². The summed E-state index contributed by atoms with van der Waals surface area (Å²) in [6.45, 7) is 1.71. The second-order valence-electron chi connectivity index (χ2n) is 4.16. The van der Waals surface area contributed by atoms with E-state index < -0.39 is 16.8 Å². The molecule has 1 N–H and O–H groups in total. The number of benzene rings is 1. The lowest BCUT2D eigenvalue weighted by molar-refractivity contribution is 0.0696. The van der Waals surface area contributed by atoms with E-state index in [4.69, 9.17) is 5.11 Å². The highest BCUT2D eigenvalue weighted by molar-refractivity contribution is 7.84. The fourth-order valence-corrected chi connectivity index (χ4v) is 2.69. The summed E-state index contributed by atoms with van der Waals surface area (Å²) in [6.07, 6.45) is 1.68. The Morgan fingerprint density at radius 2 is 2.21 bits per heavy atom. The largest absolute Gasteiger partial charge is 0.478 e. The van der Waals surface area contributed by atoms with Crippen LogP contribution in [0.2, 0.25) is 0 Å². The Labute approximate surface area is 112 Å². The van der Waals surface area contributed by atoms with E-state index in [-0.39, 0.29) is 11.3 Å². The summed E-state index contributed by atoms with van der Waals surface area (Å²) in [7, 11) is 0.395. The molecule has 0 aliphatic heterocycles. The van der Waals surface area contributed by atoms with Crippen molar-refractivity contribution in [2.75, 3.05) is 0 Å². The first kappa shape index (κ1) is 13.4. The van der Waals surface area contributed by atoms with E-state index >= 15 is 0 Å². The predicted molar refractivity (Wildman–Crippen MR) is 69.3 cm³/mol. The maximum Gasteiger partial charge on any atom is 0.335 e. The van der Waals surface area contributed by atoms with Crippen LogP contribution in [-0.4, -0.2) is 30.3 Å². The Morgan fingerprint density at radius 1 is 1.47 bits per heavy atom. The average molecular weight is 279 g/mol. The van der Waals surface area contributed by atoms with E-state index in [2.05, 4.69) is 10.3 Å². The second kappa shape index (κ2) is 5.31. The number of hydrogen-bond donors (Lipinski definition) is 1. The molecule has 0 amide bonds. The molecular weight excluding hydrogens is 266 g/mol. The molecule has 7 heteroatoms. The zero-order chi connectivity index (χ0) is 14.0. The molecule has 100 valence electrons. The van der Waals surface area contributed by atoms with Gasteiger partial charge in [0.25, 0.3) is 0 Å². The van der Waals surface area contributed by atoms with Gasteiger partial charge in [0.15, 0.2) is 0 Å². The quantitative estimate of drug-likeness (QED) is 0.906. The van der Waals surface area contributed by atoms with Gasteiger partial charge in [0, 0.05) is 18.1 Å². The Kier molecular flexibility index (Phi) is 3.75. The van der Waals surface area contributed by atoms with Crippen molar-refractivity contribution < 1.29 is 14.1 Å². The molecule has 0 radical (unpaired) electrons. The first-order valence-electron chi connectivity index (χ1n) is 5.55. The van der Waals surface area contributed by atoms with Gasteiger partial charge in [0.1, 0.15) is 0 Å². The van der Waals surface area contributed by atoms with Gasteiger partial charge in [-0.25, -0.2) is 4.79 Å². The number of carboxylic acids is 1. The molecule has 1 aromatic carbocycles. The molecule has 1 heterocycles. The van der Waals surface area contributed by atoms with E-state index in [0.29, 0.717) is 16.2 Å². The first-order valence-corrected chi connectivity index (χ1v) is 6.87. The summed E-state index contributed by atoms with van der Waals surface area (Å²) in [6, 6.07) is 4.78. The lowest BCUT2D eigenvalue weighted by atomic mass is 10.1. The topological polar surface area (TPSA) is 85.1 Å². The van der Waals surface area contributed by atoms with Gasteiger partial charge in [0.2, 0.25) is 0 Å². The maximum atomic E-state index is 12.2. The third kappa shape index (κ3) is 3.05. The Bertz CT molecular complexity index is 651. The number of rotatable bonds is 4. The van der Waals surface area contributed by atoms with Gasteiger partial charge in [0.05, 0.1) is 27.8 Å². The van der Waals surface area contributed by atoms with Crippen molar-refractivity contribution in [2.45, 2.75) is 17.6 Å². The van der Waals surface area contributed by atoms with Gasteiger partial charge in [-0.3, -0.25) is 8.89 Å². The van der Waals surface area contributed by atoms with Crippen molar-refractivity contribution in [1.29, 1.82) is 0 Å². The Balaban J connectivity index is 2.24. The molecule has 1 unspecified atom stereocenters. The average Bonchev–Trinajstić information content (AvgIpc) is 2.74. The van der Waals surface area contributed by atoms with Gasteiger partial charge in [-0.2, -0.15) is 0 Å². The van der Waals surface area contributed by atoms with E-state index in [1.165, 1.54) is 10.7 Å². The SMILES string of the molecule is Cc1ccc(S(=O)Cc2cn(C)nn2)cc1C(=O)O. The van der Waals surface area contributed by atoms with Crippen LogP contribution in [0.15, 0.2) is 29.3 Å². The Hall–Kier alpha value is -2.02. The van der Waals surface area contributed by atoms with Crippen molar-refractivity contribution in [1.82, 2.24) is 15.0 Å². The maximum absolute atomic E-state index is 12.2. The minimum atomic E-state index is -1.34. The van der Waals surface area contributed by atoms with Crippen LogP contribution in [0.25, 0.3) is 0 Å². The van der Waals surface area contributed by atoms with Crippen molar-refractivity contribution in [3.05, 3.63) is 41.2 Å². The molecule has 0 aliphatic carbocycles. The molecule has 2 rings (SSSR count). The van der Waals surface area contributed by atoms with Gasteiger partial charge < -0.3 is 5.11 Å². The van der Waals surface area contributed by atoms with Gasteiger partial charge in [-0.1, -0.05) is 11.3 Å². The molecule has 6 nitrogen and oxygen atoms in total. The van der Waals surface area contributed by atoms with Crippen LogP contribution in [-0.2, 0) is 23.6 Å². The molecule has 0 saturated carbocycles. The van der Waals surface area contributed by atoms with Crippen LogP contribution in [0.5, 0.6) is 0 Å². The smallest absolute Gasteiger partial charge is 0.335 e. The molecule has 0 aliphatic rings. The van der Waals surface area contributed by atoms with Crippen molar-refractivity contribution in [3.8, 4) is 0 Å². The van der Waals surface area contributed by atoms with Crippen LogP contribution < -0.4 is 0 Å². The van der Waals surface area contributed by atoms with Crippen molar-refractivity contribution in [2.24, 2.45) is 7.05 Å². The van der Waals surface area contributed by atoms with Gasteiger partial charge in [-0.05, 0) is 24.6 Å². The molecule has 0 fully saturated rings. The van der Waals surface area contributed by atoms with E-state index in [1.54, 1.807) is 32.3 Å². The highest BCUT2D eigenvalue weighted by atomic mass is 32.2. The second-order valence-corrected chi connectivity index (χ2v) is 5.61. The van der Waals surface area contributed by atoms with Crippen LogP contribution in [0.1, 0.15) is 21.6 Å². The van der Waals surface area contributed by atoms with E-state index in [0.717, 1.165) is 0 Å². The molecule has 0 bridgehead atoms. The number of aromatic nitrogens is 3. The summed E-state index contributed by atoms with van der Waals surface area (Å²) in [5.41, 5.74) is 1.43. The fraction of sp³-hybridized carbons (Fsp3) is 0.250. The van der Waals surface area contributed by atoms with Crippen molar-refractivity contribution in [3.63, 3.8) is 0 Å². The zero-order valence-electron chi connectivity index (χ0n) is 10.5. The lowest BCUT2D eigenvalue weighted by Crippen LogP contribution is -2.03. The number of aromatic carboxylic acids is 1. The van der Waals surface area contributed by atoms with Crippen molar-refractivity contribution >= 4 is 16.8 Å². The van der Waals surface area contributed by atoms with E-state index in [9.17, 15) is 9.00 Å². The monoisotopic (exact) mass is 279 g/mol. The predicted octanol–water partition coefficient (Wildman–Crippen LogP) is 1.13. The number of nitrogens with zero attached hydrogens (tertiary/aromatic N) is 3. The highest BCUT2D eigenvalue weighted by Gasteiger charge is 2.13. The number of hydrogen-bond acceptors (Lipinski definition) is 4. The van der Waals surface area contributed by atoms with Gasteiger partial charge in [-0.15, -0.1) is 5.10 Å². The number of aryl methyl sites for hydroxylation is 2. The van der Waals surface area contributed by atoms with Crippen LogP contribution in [0.4, 0.5) is 0 Å². The number of carbonyl (C=O) groups is 1. The third-order valence-corrected chi connectivity index (χ3v) is 3.97. The summed E-state index contributed by atoms with van der Waals surface area (Å²) >= 11 is 0. The zero-order valence-corrected chi connectivity index (χ0v) is 11.3. The normalized spacial score (nSPS) is 12.3. The summed E-state index contributed by atoms with van der Waals surface area (Å²) < 4.78 is 13.7. The van der Waals surface area contributed by atoms with E-state index in [1.807, 2.05) is 0 Å². The summed E-state index contributed by atoms with van der Waals surface area (Å²) in [5, 5.41) is 16.7. The molecular formula is C12H13N3O3S. The molecule has 0 saturated heterocycles. The minimum absolute atomic E-state index is 0.171. The molecule has 19 heavy (non-hydrogen) atoms. The fourth-order valence-electron chi connectivity index (χ4n) is 1.65. The molecule has 0 spiro atoms.